The van der Waals surface area contributed by atoms with E-state index in [0.29, 0.717) is 24.0 Å². The highest BCUT2D eigenvalue weighted by Crippen LogP contribution is 2.64. The van der Waals surface area contributed by atoms with E-state index in [0.717, 1.165) is 49.9 Å². The SMILES string of the molecule is C=C(/N=C\C(=N/C)NC1CCN(CCCF)C1)[C@@H]1c2[nH]c3ccccc3c2C[C@@H](C)N1C12CC(C1)C2. The molecule has 5 aliphatic rings. The molecule has 7 rings (SSSR count). The number of hydrogen-bond acceptors (Lipinski definition) is 4. The van der Waals surface area contributed by atoms with Crippen LogP contribution in [0.4, 0.5) is 4.39 Å². The van der Waals surface area contributed by atoms with Gasteiger partial charge in [0.25, 0.3) is 0 Å². The quantitative estimate of drug-likeness (QED) is 0.419. The molecule has 1 aromatic carbocycles. The molecule has 2 bridgehead atoms. The maximum absolute atomic E-state index is 12.6. The second-order valence-electron chi connectivity index (χ2n) is 11.5. The monoisotopic (exact) mass is 490 g/mol. The summed E-state index contributed by atoms with van der Waals surface area (Å²) in [6.45, 7) is 9.39. The van der Waals surface area contributed by atoms with Gasteiger partial charge in [0.05, 0.1) is 24.6 Å². The van der Waals surface area contributed by atoms with E-state index in [-0.39, 0.29) is 12.7 Å². The van der Waals surface area contributed by atoms with Gasteiger partial charge in [0, 0.05) is 60.9 Å². The average Bonchev–Trinajstić information content (AvgIpc) is 3.42. The lowest BCUT2D eigenvalue weighted by molar-refractivity contribution is -0.174. The molecule has 4 fully saturated rings. The van der Waals surface area contributed by atoms with Gasteiger partial charge in [-0.1, -0.05) is 24.8 Å². The van der Waals surface area contributed by atoms with Crippen molar-refractivity contribution < 1.29 is 4.39 Å². The third kappa shape index (κ3) is 4.01. The first kappa shape index (κ1) is 23.9. The van der Waals surface area contributed by atoms with Crippen molar-refractivity contribution in [2.45, 2.75) is 69.1 Å². The third-order valence-electron chi connectivity index (χ3n) is 9.07. The van der Waals surface area contributed by atoms with Gasteiger partial charge < -0.3 is 15.2 Å². The van der Waals surface area contributed by atoms with Crippen LogP contribution >= 0.6 is 0 Å². The number of fused-ring (bicyclic) bond motifs is 3. The molecule has 1 unspecified atom stereocenters. The summed E-state index contributed by atoms with van der Waals surface area (Å²) in [6, 6.07) is 9.46. The van der Waals surface area contributed by atoms with Gasteiger partial charge in [0.15, 0.2) is 0 Å². The van der Waals surface area contributed by atoms with Crippen molar-refractivity contribution in [2.75, 3.05) is 33.4 Å². The number of nitrogens with zero attached hydrogens (tertiary/aromatic N) is 4. The van der Waals surface area contributed by atoms with E-state index >= 15 is 0 Å². The molecule has 1 saturated heterocycles. The van der Waals surface area contributed by atoms with Crippen LogP contribution in [0.2, 0.25) is 0 Å². The number of rotatable bonds is 8. The van der Waals surface area contributed by atoms with E-state index in [1.807, 2.05) is 6.21 Å². The number of aromatic amines is 1. The van der Waals surface area contributed by atoms with Gasteiger partial charge in [-0.05, 0) is 63.0 Å². The number of nitrogens with one attached hydrogen (secondary N) is 2. The van der Waals surface area contributed by atoms with Crippen molar-refractivity contribution in [2.24, 2.45) is 15.9 Å². The molecule has 0 radical (unpaired) electrons. The van der Waals surface area contributed by atoms with Crippen LogP contribution in [-0.2, 0) is 6.42 Å². The number of amidine groups is 1. The minimum atomic E-state index is -0.248. The normalized spacial score (nSPS) is 32.5. The fourth-order valence-corrected chi connectivity index (χ4v) is 7.30. The largest absolute Gasteiger partial charge is 0.365 e. The molecule has 0 spiro atoms. The van der Waals surface area contributed by atoms with E-state index in [4.69, 9.17) is 4.99 Å². The molecule has 3 heterocycles. The van der Waals surface area contributed by atoms with Crippen LogP contribution in [0.1, 0.15) is 56.3 Å². The van der Waals surface area contributed by atoms with Crippen molar-refractivity contribution in [3.63, 3.8) is 0 Å². The van der Waals surface area contributed by atoms with Crippen molar-refractivity contribution in [3.8, 4) is 0 Å². The summed E-state index contributed by atoms with van der Waals surface area (Å²) in [5, 5.41) is 4.88. The average molecular weight is 491 g/mol. The Labute approximate surface area is 213 Å². The molecule has 3 aliphatic carbocycles. The fraction of sp³-hybridized carbons (Fsp3) is 0.586. The van der Waals surface area contributed by atoms with E-state index in [1.165, 1.54) is 41.4 Å². The van der Waals surface area contributed by atoms with E-state index in [1.54, 1.807) is 7.05 Å². The zero-order valence-electron chi connectivity index (χ0n) is 21.6. The summed E-state index contributed by atoms with van der Waals surface area (Å²) in [4.78, 5) is 18.2. The fourth-order valence-electron chi connectivity index (χ4n) is 7.30. The van der Waals surface area contributed by atoms with E-state index in [2.05, 4.69) is 62.9 Å². The van der Waals surface area contributed by atoms with Gasteiger partial charge in [-0.15, -0.1) is 0 Å². The Morgan fingerprint density at radius 2 is 2.11 bits per heavy atom. The number of H-pyrrole nitrogens is 1. The summed E-state index contributed by atoms with van der Waals surface area (Å²) >= 11 is 0. The number of aliphatic imine (C=N–C) groups is 2. The Bertz CT molecular complexity index is 1180. The lowest BCUT2D eigenvalue weighted by Crippen LogP contribution is -2.71. The number of alkyl halides is 1. The highest BCUT2D eigenvalue weighted by atomic mass is 19.1. The van der Waals surface area contributed by atoms with Gasteiger partial charge in [0.1, 0.15) is 5.84 Å². The predicted octanol–water partition coefficient (Wildman–Crippen LogP) is 4.64. The first-order chi connectivity index (χ1) is 17.5. The van der Waals surface area contributed by atoms with Gasteiger partial charge in [-0.25, -0.2) is 0 Å². The molecule has 0 amide bonds. The van der Waals surface area contributed by atoms with Gasteiger partial charge in [-0.2, -0.15) is 0 Å². The Hall–Kier alpha value is -2.51. The number of hydrogen-bond donors (Lipinski definition) is 2. The molecular weight excluding hydrogens is 451 g/mol. The standard InChI is InChI=1S/C29H39FN6/c1-19-13-24-23-7-4-5-8-25(23)34-27(24)28(36(19)29-14-21(15-29)16-29)20(2)32-17-26(31-3)33-22-9-12-35(18-22)11-6-10-30/h4-5,7-8,17,19,21-22,28,34H,2,6,9-16,18H2,1,3H3,(H,31,33)/b32-17-/t19-,21?,22?,28-,29?/m1/s1. The summed E-state index contributed by atoms with van der Waals surface area (Å²) in [7, 11) is 1.81. The lowest BCUT2D eigenvalue weighted by atomic mass is 9.48. The van der Waals surface area contributed by atoms with Crippen molar-refractivity contribution in [1.29, 1.82) is 0 Å². The molecule has 6 nitrogen and oxygen atoms in total. The minimum Gasteiger partial charge on any atom is -0.365 e. The molecule has 3 saturated carbocycles. The first-order valence-corrected chi connectivity index (χ1v) is 13.6. The van der Waals surface area contributed by atoms with Crippen LogP contribution in [-0.4, -0.2) is 77.8 Å². The maximum Gasteiger partial charge on any atom is 0.139 e. The smallest absolute Gasteiger partial charge is 0.139 e. The van der Waals surface area contributed by atoms with Gasteiger partial charge >= 0.3 is 0 Å². The predicted molar refractivity (Wildman–Crippen MR) is 146 cm³/mol. The molecule has 192 valence electrons. The van der Waals surface area contributed by atoms with Crippen LogP contribution in [0.3, 0.4) is 0 Å². The zero-order chi connectivity index (χ0) is 24.9. The Morgan fingerprint density at radius 1 is 1.31 bits per heavy atom. The van der Waals surface area contributed by atoms with Crippen LogP contribution in [0.15, 0.2) is 46.5 Å². The molecule has 36 heavy (non-hydrogen) atoms. The minimum absolute atomic E-state index is 0.0504. The van der Waals surface area contributed by atoms with Crippen LogP contribution in [0.5, 0.6) is 0 Å². The summed E-state index contributed by atoms with van der Waals surface area (Å²) in [6.07, 6.45) is 8.49. The second-order valence-corrected chi connectivity index (χ2v) is 11.5. The topological polar surface area (TPSA) is 59.0 Å². The summed E-state index contributed by atoms with van der Waals surface area (Å²) in [5.41, 5.74) is 5.08. The molecular formula is C29H39FN6. The van der Waals surface area contributed by atoms with Gasteiger partial charge in [-0.3, -0.25) is 19.3 Å². The number of benzene rings is 1. The number of aromatic nitrogens is 1. The van der Waals surface area contributed by atoms with E-state index < -0.39 is 0 Å². The molecule has 3 atom stereocenters. The second kappa shape index (κ2) is 9.42. The molecule has 2 aromatic rings. The molecule has 2 aliphatic heterocycles. The zero-order valence-corrected chi connectivity index (χ0v) is 21.6. The van der Waals surface area contributed by atoms with Crippen LogP contribution in [0, 0.1) is 5.92 Å². The van der Waals surface area contributed by atoms with E-state index in [9.17, 15) is 4.39 Å². The summed E-state index contributed by atoms with van der Waals surface area (Å²) < 4.78 is 12.6. The Kier molecular flexibility index (Phi) is 6.24. The maximum atomic E-state index is 12.6. The number of halogens is 1. The number of para-hydroxylation sites is 1. The Balaban J connectivity index is 1.23. The Morgan fingerprint density at radius 3 is 2.83 bits per heavy atom. The molecule has 1 aromatic heterocycles. The lowest BCUT2D eigenvalue weighted by Gasteiger charge is -2.70. The van der Waals surface area contributed by atoms with Crippen molar-refractivity contribution in [3.05, 3.63) is 47.8 Å². The number of likely N-dealkylation sites (tertiary alicyclic amines) is 1. The van der Waals surface area contributed by atoms with Crippen molar-refractivity contribution >= 4 is 23.0 Å². The first-order valence-electron chi connectivity index (χ1n) is 13.6. The van der Waals surface area contributed by atoms with Crippen molar-refractivity contribution in [1.82, 2.24) is 20.1 Å². The molecule has 7 heteroatoms. The van der Waals surface area contributed by atoms with Crippen LogP contribution in [0.25, 0.3) is 10.9 Å². The highest BCUT2D eigenvalue weighted by molar-refractivity contribution is 6.29. The third-order valence-corrected chi connectivity index (χ3v) is 9.07. The molecule has 2 N–H and O–H groups in total. The van der Waals surface area contributed by atoms with Crippen LogP contribution < -0.4 is 5.32 Å². The summed E-state index contributed by atoms with van der Waals surface area (Å²) in [5.74, 6) is 1.70. The highest BCUT2D eigenvalue weighted by Gasteiger charge is 2.63. The van der Waals surface area contributed by atoms with Gasteiger partial charge in [0.2, 0.25) is 0 Å².